The summed E-state index contributed by atoms with van der Waals surface area (Å²) in [6, 6.07) is 7.40. The molecule has 0 aliphatic heterocycles. The number of aryl methyl sites for hydroxylation is 2. The van der Waals surface area contributed by atoms with Crippen molar-refractivity contribution in [1.82, 2.24) is 15.1 Å². The minimum Gasteiger partial charge on any atom is -0.467 e. The van der Waals surface area contributed by atoms with Crippen LogP contribution >= 0.6 is 11.3 Å². The average Bonchev–Trinajstić information content (AvgIpc) is 3.22. The number of nitrogens with one attached hydrogen (secondary N) is 1. The lowest BCUT2D eigenvalue weighted by Crippen LogP contribution is -2.31. The predicted octanol–water partition coefficient (Wildman–Crippen LogP) is 3.17. The Hall–Kier alpha value is -2.34. The molecule has 3 heterocycles. The minimum absolute atomic E-state index is 0.0839. The highest BCUT2D eigenvalue weighted by Crippen LogP contribution is 2.20. The molecule has 3 rings (SSSR count). The number of carbonyl (C=O) groups is 1. The molecule has 1 amide bonds. The molecule has 114 valence electrons. The van der Waals surface area contributed by atoms with E-state index in [1.165, 1.54) is 11.3 Å². The van der Waals surface area contributed by atoms with Crippen LogP contribution in [0.3, 0.4) is 0 Å². The molecule has 0 aliphatic rings. The monoisotopic (exact) mass is 315 g/mol. The highest BCUT2D eigenvalue weighted by molar-refractivity contribution is 7.08. The zero-order valence-corrected chi connectivity index (χ0v) is 13.3. The number of thiophene rings is 1. The average molecular weight is 315 g/mol. The summed E-state index contributed by atoms with van der Waals surface area (Å²) in [5.41, 5.74) is 2.65. The van der Waals surface area contributed by atoms with E-state index in [0.717, 1.165) is 17.1 Å². The number of aromatic nitrogens is 2. The molecule has 0 spiro atoms. The fourth-order valence-electron chi connectivity index (χ4n) is 2.44. The van der Waals surface area contributed by atoms with Crippen molar-refractivity contribution in [2.75, 3.05) is 6.54 Å². The van der Waals surface area contributed by atoms with Gasteiger partial charge in [-0.15, -0.1) is 0 Å². The highest BCUT2D eigenvalue weighted by Gasteiger charge is 2.20. The summed E-state index contributed by atoms with van der Waals surface area (Å²) < 4.78 is 7.42. The number of furan rings is 1. The molecule has 0 bridgehead atoms. The summed E-state index contributed by atoms with van der Waals surface area (Å²) in [6.45, 7) is 4.37. The van der Waals surface area contributed by atoms with E-state index in [4.69, 9.17) is 4.42 Å². The maximum atomic E-state index is 12.1. The second-order valence-corrected chi connectivity index (χ2v) is 5.90. The molecule has 3 aromatic rings. The third-order valence-electron chi connectivity index (χ3n) is 3.45. The van der Waals surface area contributed by atoms with Gasteiger partial charge < -0.3 is 9.73 Å². The van der Waals surface area contributed by atoms with Gasteiger partial charge in [-0.2, -0.15) is 16.4 Å². The van der Waals surface area contributed by atoms with E-state index in [0.29, 0.717) is 12.1 Å². The number of hydrogen-bond acceptors (Lipinski definition) is 4. The van der Waals surface area contributed by atoms with Crippen LogP contribution in [-0.4, -0.2) is 22.2 Å². The van der Waals surface area contributed by atoms with Crippen LogP contribution in [0.15, 0.2) is 45.7 Å². The lowest BCUT2D eigenvalue weighted by molar-refractivity contribution is 0.0948. The summed E-state index contributed by atoms with van der Waals surface area (Å²) in [4.78, 5) is 12.1. The molecular weight excluding hydrogens is 298 g/mol. The fraction of sp³-hybridized carbons (Fsp3) is 0.250. The van der Waals surface area contributed by atoms with E-state index >= 15 is 0 Å². The van der Waals surface area contributed by atoms with Crippen molar-refractivity contribution in [2.45, 2.75) is 19.9 Å². The summed E-state index contributed by atoms with van der Waals surface area (Å²) in [6.07, 6.45) is 1.63. The van der Waals surface area contributed by atoms with E-state index in [9.17, 15) is 4.79 Å². The molecule has 1 atom stereocenters. The normalized spacial score (nSPS) is 12.3. The maximum absolute atomic E-state index is 12.1. The first-order valence-corrected chi connectivity index (χ1v) is 7.96. The van der Waals surface area contributed by atoms with Crippen LogP contribution in [0.25, 0.3) is 0 Å². The van der Waals surface area contributed by atoms with Gasteiger partial charge in [-0.3, -0.25) is 9.48 Å². The molecule has 22 heavy (non-hydrogen) atoms. The zero-order valence-electron chi connectivity index (χ0n) is 12.4. The van der Waals surface area contributed by atoms with Gasteiger partial charge in [0.1, 0.15) is 11.8 Å². The maximum Gasteiger partial charge on any atom is 0.252 e. The molecule has 0 unspecified atom stereocenters. The first-order valence-electron chi connectivity index (χ1n) is 7.01. The number of carbonyl (C=O) groups excluding carboxylic acids is 1. The highest BCUT2D eigenvalue weighted by atomic mass is 32.1. The first-order chi connectivity index (χ1) is 10.6. The molecule has 0 aliphatic carbocycles. The standard InChI is InChI=1S/C16H17N3O2S/c1-11-8-12(2)19(18-11)14(15-4-3-6-21-15)9-17-16(20)13-5-7-22-10-13/h3-8,10,14H,9H2,1-2H3,(H,17,20)/t14-/m1/s1. The van der Waals surface area contributed by atoms with Crippen molar-refractivity contribution in [3.05, 3.63) is 64.0 Å². The Morgan fingerprint density at radius 2 is 2.32 bits per heavy atom. The van der Waals surface area contributed by atoms with Crippen LogP contribution in [0.1, 0.15) is 33.5 Å². The van der Waals surface area contributed by atoms with Gasteiger partial charge in [0.05, 0.1) is 12.0 Å². The quantitative estimate of drug-likeness (QED) is 0.786. The topological polar surface area (TPSA) is 60.1 Å². The smallest absolute Gasteiger partial charge is 0.252 e. The van der Waals surface area contributed by atoms with Crippen molar-refractivity contribution in [3.8, 4) is 0 Å². The lowest BCUT2D eigenvalue weighted by Gasteiger charge is -2.17. The number of amides is 1. The van der Waals surface area contributed by atoms with E-state index in [1.807, 2.05) is 53.6 Å². The molecular formula is C16H17N3O2S. The summed E-state index contributed by atoms with van der Waals surface area (Å²) >= 11 is 1.51. The summed E-state index contributed by atoms with van der Waals surface area (Å²) in [5, 5.41) is 11.2. The van der Waals surface area contributed by atoms with Crippen LogP contribution in [0, 0.1) is 13.8 Å². The molecule has 5 nitrogen and oxygen atoms in total. The third kappa shape index (κ3) is 2.96. The molecule has 0 saturated heterocycles. The molecule has 0 radical (unpaired) electrons. The van der Waals surface area contributed by atoms with Gasteiger partial charge >= 0.3 is 0 Å². The minimum atomic E-state index is -0.161. The second kappa shape index (κ2) is 6.19. The van der Waals surface area contributed by atoms with E-state index in [2.05, 4.69) is 10.4 Å². The molecule has 6 heteroatoms. The Balaban J connectivity index is 1.81. The van der Waals surface area contributed by atoms with Crippen molar-refractivity contribution < 1.29 is 9.21 Å². The molecule has 0 saturated carbocycles. The largest absolute Gasteiger partial charge is 0.467 e. The molecule has 3 aromatic heterocycles. The Morgan fingerprint density at radius 1 is 1.45 bits per heavy atom. The second-order valence-electron chi connectivity index (χ2n) is 5.12. The van der Waals surface area contributed by atoms with Crippen LogP contribution in [0.5, 0.6) is 0 Å². The van der Waals surface area contributed by atoms with Crippen molar-refractivity contribution in [3.63, 3.8) is 0 Å². The third-order valence-corrected chi connectivity index (χ3v) is 4.13. The number of rotatable bonds is 5. The van der Waals surface area contributed by atoms with Crippen LogP contribution in [0.2, 0.25) is 0 Å². The van der Waals surface area contributed by atoms with Gasteiger partial charge in [-0.1, -0.05) is 0 Å². The van der Waals surface area contributed by atoms with Gasteiger partial charge in [0, 0.05) is 23.2 Å². The molecule has 1 N–H and O–H groups in total. The van der Waals surface area contributed by atoms with Crippen molar-refractivity contribution in [2.24, 2.45) is 0 Å². The van der Waals surface area contributed by atoms with Gasteiger partial charge in [0.25, 0.3) is 5.91 Å². The lowest BCUT2D eigenvalue weighted by atomic mass is 10.2. The van der Waals surface area contributed by atoms with E-state index in [-0.39, 0.29) is 11.9 Å². The zero-order chi connectivity index (χ0) is 15.5. The van der Waals surface area contributed by atoms with Gasteiger partial charge in [-0.25, -0.2) is 0 Å². The Kier molecular flexibility index (Phi) is 4.11. The van der Waals surface area contributed by atoms with Gasteiger partial charge in [0.2, 0.25) is 0 Å². The molecule has 0 aromatic carbocycles. The SMILES string of the molecule is Cc1cc(C)n([C@H](CNC(=O)c2ccsc2)c2ccco2)n1. The summed E-state index contributed by atoms with van der Waals surface area (Å²) in [5.74, 6) is 0.691. The Bertz CT molecular complexity index is 745. The van der Waals surface area contributed by atoms with Crippen LogP contribution in [0.4, 0.5) is 0 Å². The predicted molar refractivity (Wildman–Crippen MR) is 85.2 cm³/mol. The van der Waals surface area contributed by atoms with Gasteiger partial charge in [0.15, 0.2) is 0 Å². The van der Waals surface area contributed by atoms with E-state index < -0.39 is 0 Å². The first kappa shape index (κ1) is 14.6. The summed E-state index contributed by atoms with van der Waals surface area (Å²) in [7, 11) is 0. The Labute approximate surface area is 132 Å². The fourth-order valence-corrected chi connectivity index (χ4v) is 3.07. The van der Waals surface area contributed by atoms with Crippen LogP contribution in [-0.2, 0) is 0 Å². The number of nitrogens with zero attached hydrogens (tertiary/aromatic N) is 2. The van der Waals surface area contributed by atoms with Gasteiger partial charge in [-0.05, 0) is 43.5 Å². The Morgan fingerprint density at radius 3 is 2.91 bits per heavy atom. The number of hydrogen-bond donors (Lipinski definition) is 1. The van der Waals surface area contributed by atoms with Crippen LogP contribution < -0.4 is 5.32 Å². The van der Waals surface area contributed by atoms with E-state index in [1.54, 1.807) is 6.26 Å². The van der Waals surface area contributed by atoms with Crippen molar-refractivity contribution >= 4 is 17.2 Å². The van der Waals surface area contributed by atoms with Crippen molar-refractivity contribution in [1.29, 1.82) is 0 Å². The molecule has 0 fully saturated rings.